The number of carbonyl (C=O) groups excluding carboxylic acids is 1. The summed E-state index contributed by atoms with van der Waals surface area (Å²) >= 11 is 0. The van der Waals surface area contributed by atoms with E-state index in [4.69, 9.17) is 5.73 Å². The molecule has 3 unspecified atom stereocenters. The minimum Gasteiger partial charge on any atom is -0.334 e. The van der Waals surface area contributed by atoms with Gasteiger partial charge in [-0.15, -0.1) is 12.4 Å². The lowest BCUT2D eigenvalue weighted by molar-refractivity contribution is 0.0623. The number of hydrogen-bond acceptors (Lipinski definition) is 4. The summed E-state index contributed by atoms with van der Waals surface area (Å²) in [4.78, 5) is 14.9. The molecule has 0 bridgehead atoms. The molecule has 1 amide bonds. The molecule has 0 radical (unpaired) electrons. The molecule has 0 spiro atoms. The quantitative estimate of drug-likeness (QED) is 0.797. The zero-order chi connectivity index (χ0) is 19.6. The van der Waals surface area contributed by atoms with Gasteiger partial charge in [0.05, 0.1) is 4.90 Å². The van der Waals surface area contributed by atoms with Crippen molar-refractivity contribution in [2.75, 3.05) is 26.2 Å². The number of halogens is 1. The van der Waals surface area contributed by atoms with E-state index >= 15 is 0 Å². The van der Waals surface area contributed by atoms with Crippen LogP contribution in [0.25, 0.3) is 0 Å². The van der Waals surface area contributed by atoms with Crippen LogP contribution >= 0.6 is 12.4 Å². The lowest BCUT2D eigenvalue weighted by atomic mass is 9.94. The van der Waals surface area contributed by atoms with E-state index < -0.39 is 10.0 Å². The van der Waals surface area contributed by atoms with Crippen molar-refractivity contribution in [3.63, 3.8) is 0 Å². The zero-order valence-corrected chi connectivity index (χ0v) is 18.3. The third-order valence-corrected chi connectivity index (χ3v) is 7.58. The second kappa shape index (κ2) is 9.57. The van der Waals surface area contributed by atoms with E-state index in [1.807, 2.05) is 4.90 Å². The van der Waals surface area contributed by atoms with Gasteiger partial charge in [-0.3, -0.25) is 4.79 Å². The van der Waals surface area contributed by atoms with Gasteiger partial charge >= 0.3 is 0 Å². The van der Waals surface area contributed by atoms with Crippen molar-refractivity contribution in [2.45, 2.75) is 50.5 Å². The highest BCUT2D eigenvalue weighted by Crippen LogP contribution is 2.27. The number of nitrogens with two attached hydrogens (primary N) is 1. The van der Waals surface area contributed by atoms with Crippen molar-refractivity contribution in [3.05, 3.63) is 29.8 Å². The van der Waals surface area contributed by atoms with E-state index in [1.54, 1.807) is 28.6 Å². The van der Waals surface area contributed by atoms with Crippen LogP contribution in [0, 0.1) is 11.8 Å². The van der Waals surface area contributed by atoms with Gasteiger partial charge in [0.15, 0.2) is 0 Å². The number of hydrogen-bond donors (Lipinski definition) is 1. The maximum Gasteiger partial charge on any atom is 0.254 e. The third kappa shape index (κ3) is 4.87. The van der Waals surface area contributed by atoms with E-state index in [2.05, 4.69) is 13.8 Å². The fourth-order valence-corrected chi connectivity index (χ4v) is 6.08. The predicted molar refractivity (Wildman–Crippen MR) is 113 cm³/mol. The average molecular weight is 430 g/mol. The number of likely N-dealkylation sites (tertiary alicyclic amines) is 1. The lowest BCUT2D eigenvalue weighted by Gasteiger charge is -2.35. The molecule has 6 nitrogen and oxygen atoms in total. The number of benzene rings is 1. The van der Waals surface area contributed by atoms with Crippen LogP contribution in [0.15, 0.2) is 29.2 Å². The Balaban J connectivity index is 0.00000280. The average Bonchev–Trinajstić information content (AvgIpc) is 2.66. The van der Waals surface area contributed by atoms with Crippen LogP contribution in [0.2, 0.25) is 0 Å². The smallest absolute Gasteiger partial charge is 0.254 e. The number of piperidine rings is 2. The van der Waals surface area contributed by atoms with Crippen LogP contribution in [0.5, 0.6) is 0 Å². The fourth-order valence-electron chi connectivity index (χ4n) is 4.40. The number of carbonyl (C=O) groups is 1. The van der Waals surface area contributed by atoms with E-state index in [9.17, 15) is 13.2 Å². The Bertz CT molecular complexity index is 759. The summed E-state index contributed by atoms with van der Waals surface area (Å²) < 4.78 is 27.5. The minimum absolute atomic E-state index is 0. The van der Waals surface area contributed by atoms with Gasteiger partial charge in [0.2, 0.25) is 10.0 Å². The van der Waals surface area contributed by atoms with Crippen LogP contribution in [0.3, 0.4) is 0 Å². The molecule has 8 heteroatoms. The van der Waals surface area contributed by atoms with Gasteiger partial charge < -0.3 is 10.6 Å². The monoisotopic (exact) mass is 429 g/mol. The highest BCUT2D eigenvalue weighted by Gasteiger charge is 2.32. The standard InChI is InChI=1S/C20H31N3O3S.ClH/c1-15-11-16(2)14-22(13-15)27(25,26)19-8-6-17(7-9-19)20(24)23-10-4-3-5-18(23)12-21;/h6-9,15-16,18H,3-5,10-14,21H2,1-2H3;1H. The molecular weight excluding hydrogens is 398 g/mol. The van der Waals surface area contributed by atoms with Crippen LogP contribution in [0.1, 0.15) is 49.9 Å². The summed E-state index contributed by atoms with van der Waals surface area (Å²) in [6.07, 6.45) is 4.06. The van der Waals surface area contributed by atoms with Crippen molar-refractivity contribution >= 4 is 28.3 Å². The summed E-state index contributed by atoms with van der Waals surface area (Å²) in [6, 6.07) is 6.47. The second-order valence-corrected chi connectivity index (χ2v) is 10.1. The van der Waals surface area contributed by atoms with Crippen molar-refractivity contribution in [1.82, 2.24) is 9.21 Å². The minimum atomic E-state index is -3.52. The Hall–Kier alpha value is -1.15. The normalized spacial score (nSPS) is 26.5. The highest BCUT2D eigenvalue weighted by molar-refractivity contribution is 7.89. The molecule has 2 aliphatic rings. The first kappa shape index (κ1) is 23.1. The summed E-state index contributed by atoms with van der Waals surface area (Å²) in [7, 11) is -3.52. The maximum atomic E-state index is 13.0. The first-order valence-corrected chi connectivity index (χ1v) is 11.4. The van der Waals surface area contributed by atoms with Crippen LogP contribution in [0.4, 0.5) is 0 Å². The molecule has 2 fully saturated rings. The van der Waals surface area contributed by atoms with Crippen molar-refractivity contribution in [2.24, 2.45) is 17.6 Å². The number of nitrogens with zero attached hydrogens (tertiary/aromatic N) is 2. The lowest BCUT2D eigenvalue weighted by Crippen LogP contribution is -2.47. The van der Waals surface area contributed by atoms with Gasteiger partial charge in [-0.1, -0.05) is 13.8 Å². The molecule has 0 aliphatic carbocycles. The molecule has 0 saturated carbocycles. The van der Waals surface area contributed by atoms with E-state index in [1.165, 1.54) is 0 Å². The fraction of sp³-hybridized carbons (Fsp3) is 0.650. The molecule has 1 aromatic rings. The van der Waals surface area contributed by atoms with Gasteiger partial charge in [0.25, 0.3) is 5.91 Å². The Kier molecular flexibility index (Phi) is 7.90. The van der Waals surface area contributed by atoms with Gasteiger partial charge in [-0.05, 0) is 61.8 Å². The summed E-state index contributed by atoms with van der Waals surface area (Å²) in [5.41, 5.74) is 6.34. The summed E-state index contributed by atoms with van der Waals surface area (Å²) in [5, 5.41) is 0. The second-order valence-electron chi connectivity index (χ2n) is 8.18. The molecular formula is C20H32ClN3O3S. The maximum absolute atomic E-state index is 13.0. The van der Waals surface area contributed by atoms with Crippen LogP contribution < -0.4 is 5.73 Å². The molecule has 2 N–H and O–H groups in total. The highest BCUT2D eigenvalue weighted by atomic mass is 35.5. The Morgan fingerprint density at radius 2 is 1.71 bits per heavy atom. The van der Waals surface area contributed by atoms with Gasteiger partial charge in [-0.2, -0.15) is 4.31 Å². The summed E-state index contributed by atoms with van der Waals surface area (Å²) in [6.45, 7) is 6.46. The van der Waals surface area contributed by atoms with Crippen LogP contribution in [-0.4, -0.2) is 55.8 Å². The predicted octanol–water partition coefficient (Wildman–Crippen LogP) is 2.73. The Labute approximate surface area is 174 Å². The number of rotatable bonds is 4. The largest absolute Gasteiger partial charge is 0.334 e. The van der Waals surface area contributed by atoms with Crippen molar-refractivity contribution < 1.29 is 13.2 Å². The Morgan fingerprint density at radius 1 is 1.11 bits per heavy atom. The molecule has 1 aromatic carbocycles. The van der Waals surface area contributed by atoms with E-state index in [0.29, 0.717) is 43.6 Å². The van der Waals surface area contributed by atoms with Crippen LogP contribution in [-0.2, 0) is 10.0 Å². The van der Waals surface area contributed by atoms with Gasteiger partial charge in [-0.25, -0.2) is 8.42 Å². The molecule has 2 saturated heterocycles. The molecule has 3 rings (SSSR count). The molecule has 158 valence electrons. The number of amides is 1. The Morgan fingerprint density at radius 3 is 2.29 bits per heavy atom. The molecule has 2 aliphatic heterocycles. The number of sulfonamides is 1. The molecule has 3 atom stereocenters. The topological polar surface area (TPSA) is 83.7 Å². The van der Waals surface area contributed by atoms with Crippen molar-refractivity contribution in [3.8, 4) is 0 Å². The first-order valence-electron chi connectivity index (χ1n) is 9.94. The van der Waals surface area contributed by atoms with Crippen molar-refractivity contribution in [1.29, 1.82) is 0 Å². The zero-order valence-electron chi connectivity index (χ0n) is 16.7. The van der Waals surface area contributed by atoms with E-state index in [-0.39, 0.29) is 29.3 Å². The first-order chi connectivity index (χ1) is 12.8. The third-order valence-electron chi connectivity index (χ3n) is 5.73. The van der Waals surface area contributed by atoms with Gasteiger partial charge in [0, 0.05) is 37.8 Å². The SMILES string of the molecule is CC1CC(C)CN(S(=O)(=O)c2ccc(C(=O)N3CCCCC3CN)cc2)C1.Cl. The molecule has 0 aromatic heterocycles. The molecule has 2 heterocycles. The summed E-state index contributed by atoms with van der Waals surface area (Å²) in [5.74, 6) is 0.655. The van der Waals surface area contributed by atoms with E-state index in [0.717, 1.165) is 25.7 Å². The van der Waals surface area contributed by atoms with Gasteiger partial charge in [0.1, 0.15) is 0 Å². The molecule has 28 heavy (non-hydrogen) atoms.